The second kappa shape index (κ2) is 8.01. The lowest BCUT2D eigenvalue weighted by Gasteiger charge is -2.12. The third kappa shape index (κ3) is 4.80. The summed E-state index contributed by atoms with van der Waals surface area (Å²) in [4.78, 5) is -2.47. The van der Waals surface area contributed by atoms with Crippen LogP contribution >= 0.6 is 0 Å². The normalized spacial score (nSPS) is 13.1. The van der Waals surface area contributed by atoms with Crippen molar-refractivity contribution >= 4 is 58.2 Å². The summed E-state index contributed by atoms with van der Waals surface area (Å²) < 4.78 is 98.6. The molecule has 0 aliphatic carbocycles. The van der Waals surface area contributed by atoms with Gasteiger partial charge in [-0.05, 0) is 42.8 Å². The molecular weight excluding hydrogens is 502 g/mol. The quantitative estimate of drug-likeness (QED) is 0.187. The van der Waals surface area contributed by atoms with Gasteiger partial charge in [0, 0.05) is 10.8 Å². The molecule has 0 saturated carbocycles. The first-order valence-corrected chi connectivity index (χ1v) is 12.9. The fourth-order valence-corrected chi connectivity index (χ4v) is 5.23. The van der Waals surface area contributed by atoms with Crippen LogP contribution < -0.4 is 5.73 Å². The molecule has 16 heteroatoms. The van der Waals surface area contributed by atoms with E-state index in [1.807, 2.05) is 0 Å². The van der Waals surface area contributed by atoms with Crippen LogP contribution in [0, 0.1) is 6.92 Å². The molecule has 0 heterocycles. The molecule has 0 atom stereocenters. The Bertz CT molecular complexity index is 1660. The van der Waals surface area contributed by atoms with Gasteiger partial charge in [0.1, 0.15) is 15.5 Å². The maximum Gasteiger partial charge on any atom is 0.297 e. The molecule has 176 valence electrons. The van der Waals surface area contributed by atoms with Crippen LogP contribution in [-0.2, 0) is 30.4 Å². The molecule has 0 fully saturated rings. The number of aryl methyl sites for hydroxylation is 1. The Morgan fingerprint density at radius 1 is 0.758 bits per heavy atom. The monoisotopic (exact) mass is 517 g/mol. The number of nitrogen functional groups attached to an aromatic ring is 1. The predicted molar refractivity (Wildman–Crippen MR) is 115 cm³/mol. The molecular formula is C17H15N3O10S3. The molecule has 0 aromatic heterocycles. The van der Waals surface area contributed by atoms with E-state index < -0.39 is 67.6 Å². The molecule has 13 nitrogen and oxygen atoms in total. The first kappa shape index (κ1) is 24.5. The largest absolute Gasteiger partial charge is 0.505 e. The molecule has 0 bridgehead atoms. The lowest BCUT2D eigenvalue weighted by Crippen LogP contribution is -2.06. The molecule has 0 aliphatic rings. The molecule has 0 aliphatic heterocycles. The number of phenolic OH excluding ortho intramolecular Hbond substituents is 1. The van der Waals surface area contributed by atoms with E-state index in [1.165, 1.54) is 19.1 Å². The van der Waals surface area contributed by atoms with E-state index in [2.05, 4.69) is 10.2 Å². The first-order valence-electron chi connectivity index (χ1n) is 8.55. The Labute approximate surface area is 187 Å². The summed E-state index contributed by atoms with van der Waals surface area (Å²) in [7, 11) is -14.7. The van der Waals surface area contributed by atoms with Crippen LogP contribution in [0.3, 0.4) is 0 Å². The predicted octanol–water partition coefficient (Wildman–Crippen LogP) is 2.59. The Balaban J connectivity index is 2.35. The fraction of sp³-hybridized carbons (Fsp3) is 0.0588. The van der Waals surface area contributed by atoms with Crippen molar-refractivity contribution in [1.82, 2.24) is 0 Å². The zero-order valence-corrected chi connectivity index (χ0v) is 18.8. The topological polar surface area (TPSA) is 234 Å². The van der Waals surface area contributed by atoms with E-state index in [4.69, 9.17) is 5.73 Å². The molecule has 3 aromatic carbocycles. The Kier molecular flexibility index (Phi) is 5.95. The smallest absolute Gasteiger partial charge is 0.297 e. The number of nitrogens with zero attached hydrogens (tertiary/aromatic N) is 2. The standard InChI is InChI=1S/C17H15N3O10S3/c1-8-2-3-9(6-13(8)31(22,23)24)19-20-15-14(32(25,26)27)7-11-10(16(15)21)4-5-12(18)17(11)33(28,29)30/h2-7,21H,18H2,1H3,(H,22,23,24)(H,25,26,27)(H,28,29,30). The van der Waals surface area contributed by atoms with E-state index in [0.717, 1.165) is 18.2 Å². The van der Waals surface area contributed by atoms with Crippen LogP contribution in [0.1, 0.15) is 5.56 Å². The third-order valence-electron chi connectivity index (χ3n) is 4.47. The highest BCUT2D eigenvalue weighted by atomic mass is 32.2. The molecule has 0 saturated heterocycles. The van der Waals surface area contributed by atoms with Gasteiger partial charge >= 0.3 is 0 Å². The summed E-state index contributed by atoms with van der Waals surface area (Å²) in [5.41, 5.74) is 4.30. The molecule has 33 heavy (non-hydrogen) atoms. The molecule has 6 N–H and O–H groups in total. The van der Waals surface area contributed by atoms with E-state index in [9.17, 15) is 44.0 Å². The van der Waals surface area contributed by atoms with Crippen molar-refractivity contribution in [2.45, 2.75) is 21.6 Å². The van der Waals surface area contributed by atoms with Gasteiger partial charge in [0.05, 0.1) is 16.3 Å². The van der Waals surface area contributed by atoms with Gasteiger partial charge in [-0.15, -0.1) is 5.11 Å². The van der Waals surface area contributed by atoms with Crippen molar-refractivity contribution in [3.8, 4) is 5.75 Å². The van der Waals surface area contributed by atoms with Gasteiger partial charge in [-0.1, -0.05) is 6.07 Å². The number of hydrogen-bond donors (Lipinski definition) is 5. The minimum atomic E-state index is -5.13. The molecule has 0 unspecified atom stereocenters. The maximum absolute atomic E-state index is 11.9. The van der Waals surface area contributed by atoms with Crippen LogP contribution in [-0.4, -0.2) is 44.0 Å². The van der Waals surface area contributed by atoms with Crippen molar-refractivity contribution in [3.63, 3.8) is 0 Å². The Morgan fingerprint density at radius 2 is 1.36 bits per heavy atom. The van der Waals surface area contributed by atoms with Gasteiger partial charge in [0.2, 0.25) is 0 Å². The summed E-state index contributed by atoms with van der Waals surface area (Å²) in [6.07, 6.45) is 0. The van der Waals surface area contributed by atoms with Crippen molar-refractivity contribution in [1.29, 1.82) is 0 Å². The molecule has 0 amide bonds. The number of phenols is 1. The van der Waals surface area contributed by atoms with E-state index in [-0.39, 0.29) is 16.6 Å². The highest BCUT2D eigenvalue weighted by Gasteiger charge is 2.27. The van der Waals surface area contributed by atoms with E-state index in [1.54, 1.807) is 0 Å². The highest BCUT2D eigenvalue weighted by Crippen LogP contribution is 2.44. The van der Waals surface area contributed by atoms with Crippen LogP contribution in [0.25, 0.3) is 10.8 Å². The van der Waals surface area contributed by atoms with Crippen molar-refractivity contribution in [2.75, 3.05) is 5.73 Å². The molecule has 3 aromatic rings. The number of nitrogens with two attached hydrogens (primary N) is 1. The van der Waals surface area contributed by atoms with Crippen LogP contribution in [0.2, 0.25) is 0 Å². The van der Waals surface area contributed by atoms with Gasteiger partial charge in [-0.3, -0.25) is 13.7 Å². The fourth-order valence-electron chi connectivity index (χ4n) is 3.03. The minimum absolute atomic E-state index is 0.176. The summed E-state index contributed by atoms with van der Waals surface area (Å²) in [5.74, 6) is -0.934. The van der Waals surface area contributed by atoms with Crippen LogP contribution in [0.4, 0.5) is 17.1 Å². The first-order chi connectivity index (χ1) is 15.0. The van der Waals surface area contributed by atoms with Crippen LogP contribution in [0.15, 0.2) is 61.3 Å². The number of benzene rings is 3. The summed E-state index contributed by atoms with van der Waals surface area (Å²) in [6, 6.07) is 6.24. The lowest BCUT2D eigenvalue weighted by molar-refractivity contribution is 0.471. The van der Waals surface area contributed by atoms with Gasteiger partial charge < -0.3 is 10.8 Å². The van der Waals surface area contributed by atoms with Crippen LogP contribution in [0.5, 0.6) is 5.75 Å². The third-order valence-corrected chi connectivity index (χ3v) is 7.30. The summed E-state index contributed by atoms with van der Waals surface area (Å²) in [6.45, 7) is 1.40. The molecule has 0 radical (unpaired) electrons. The minimum Gasteiger partial charge on any atom is -0.505 e. The lowest BCUT2D eigenvalue weighted by atomic mass is 10.1. The van der Waals surface area contributed by atoms with Crippen molar-refractivity contribution in [2.24, 2.45) is 10.2 Å². The highest BCUT2D eigenvalue weighted by molar-refractivity contribution is 7.86. The Hall–Kier alpha value is -3.15. The molecule has 0 spiro atoms. The van der Waals surface area contributed by atoms with Crippen molar-refractivity contribution in [3.05, 3.63) is 42.0 Å². The van der Waals surface area contributed by atoms with E-state index >= 15 is 0 Å². The van der Waals surface area contributed by atoms with Gasteiger partial charge in [0.25, 0.3) is 30.4 Å². The number of anilines is 1. The molecule has 3 rings (SSSR count). The number of rotatable bonds is 5. The zero-order chi connectivity index (χ0) is 24.9. The van der Waals surface area contributed by atoms with Gasteiger partial charge in [0.15, 0.2) is 5.75 Å². The zero-order valence-electron chi connectivity index (χ0n) is 16.4. The van der Waals surface area contributed by atoms with E-state index in [0.29, 0.717) is 6.07 Å². The second-order valence-corrected chi connectivity index (χ2v) is 10.9. The van der Waals surface area contributed by atoms with Crippen molar-refractivity contribution < 1.29 is 44.0 Å². The number of azo groups is 1. The van der Waals surface area contributed by atoms with Gasteiger partial charge in [-0.25, -0.2) is 0 Å². The van der Waals surface area contributed by atoms with Gasteiger partial charge in [-0.2, -0.15) is 30.4 Å². The summed E-state index contributed by atoms with van der Waals surface area (Å²) >= 11 is 0. The number of fused-ring (bicyclic) bond motifs is 1. The number of aromatic hydroxyl groups is 1. The average Bonchev–Trinajstić information content (AvgIpc) is 2.65. The SMILES string of the molecule is Cc1ccc(N=Nc2c(S(=O)(=O)O)cc3c(S(=O)(=O)O)c(N)ccc3c2O)cc1S(=O)(=O)O. The second-order valence-electron chi connectivity index (χ2n) is 6.73. The Morgan fingerprint density at radius 3 is 1.91 bits per heavy atom. The maximum atomic E-state index is 11.9. The summed E-state index contributed by atoms with van der Waals surface area (Å²) in [5, 5.41) is 17.0. The number of hydrogen-bond acceptors (Lipinski definition) is 10. The average molecular weight is 518 g/mol.